The van der Waals surface area contributed by atoms with Gasteiger partial charge in [-0.2, -0.15) is 0 Å². The number of hydrogen-bond donors (Lipinski definition) is 0. The van der Waals surface area contributed by atoms with Crippen LogP contribution in [0.25, 0.3) is 33.2 Å². The molecule has 1 aliphatic carbocycles. The SMILES string of the molecule is COC1CC(n2c(=O)n(C)c3nnc4ccc(-c5ccc(OCCCN(C)C)nc5)cc4c32)C1. The maximum Gasteiger partial charge on any atom is 0.330 e. The van der Waals surface area contributed by atoms with Crippen molar-refractivity contribution in [1.29, 1.82) is 0 Å². The van der Waals surface area contributed by atoms with Crippen molar-refractivity contribution < 1.29 is 9.47 Å². The van der Waals surface area contributed by atoms with Gasteiger partial charge in [0.25, 0.3) is 0 Å². The van der Waals surface area contributed by atoms with Crippen LogP contribution in [0.3, 0.4) is 0 Å². The lowest BCUT2D eigenvalue weighted by Gasteiger charge is -2.34. The van der Waals surface area contributed by atoms with Crippen molar-refractivity contribution in [3.63, 3.8) is 0 Å². The van der Waals surface area contributed by atoms with Gasteiger partial charge >= 0.3 is 5.69 Å². The number of benzene rings is 1. The predicted molar refractivity (Wildman–Crippen MR) is 131 cm³/mol. The topological polar surface area (TPSA) is 87.3 Å². The van der Waals surface area contributed by atoms with Crippen LogP contribution in [0.4, 0.5) is 0 Å². The van der Waals surface area contributed by atoms with Crippen LogP contribution in [0.1, 0.15) is 25.3 Å². The molecule has 3 heterocycles. The largest absolute Gasteiger partial charge is 0.478 e. The molecule has 9 heteroatoms. The summed E-state index contributed by atoms with van der Waals surface area (Å²) >= 11 is 0. The van der Waals surface area contributed by atoms with Gasteiger partial charge in [0.05, 0.1) is 18.2 Å². The lowest BCUT2D eigenvalue weighted by molar-refractivity contribution is 0.00635. The van der Waals surface area contributed by atoms with Crippen LogP contribution >= 0.6 is 0 Å². The molecule has 1 aromatic carbocycles. The van der Waals surface area contributed by atoms with E-state index in [1.807, 2.05) is 49.1 Å². The number of pyridine rings is 1. The van der Waals surface area contributed by atoms with Crippen LogP contribution in [0.2, 0.25) is 0 Å². The van der Waals surface area contributed by atoms with Crippen molar-refractivity contribution in [3.8, 4) is 17.0 Å². The summed E-state index contributed by atoms with van der Waals surface area (Å²) in [6, 6.07) is 10.0. The number of methoxy groups -OCH3 is 1. The second-order valence-corrected chi connectivity index (χ2v) is 9.19. The predicted octanol–water partition coefficient (Wildman–Crippen LogP) is 3.03. The van der Waals surface area contributed by atoms with Gasteiger partial charge in [-0.05, 0) is 57.1 Å². The quantitative estimate of drug-likeness (QED) is 0.372. The van der Waals surface area contributed by atoms with Crippen molar-refractivity contribution in [2.24, 2.45) is 7.05 Å². The first-order chi connectivity index (χ1) is 16.5. The summed E-state index contributed by atoms with van der Waals surface area (Å²) in [4.78, 5) is 19.7. The zero-order chi connectivity index (χ0) is 23.8. The number of nitrogens with zero attached hydrogens (tertiary/aromatic N) is 6. The maximum absolute atomic E-state index is 13.1. The van der Waals surface area contributed by atoms with E-state index >= 15 is 0 Å². The van der Waals surface area contributed by atoms with Gasteiger partial charge in [-0.1, -0.05) is 6.07 Å². The highest BCUT2D eigenvalue weighted by atomic mass is 16.5. The molecule has 0 saturated heterocycles. The molecule has 0 aliphatic heterocycles. The summed E-state index contributed by atoms with van der Waals surface area (Å²) in [6.45, 7) is 1.61. The fourth-order valence-corrected chi connectivity index (χ4v) is 4.55. The van der Waals surface area contributed by atoms with E-state index in [0.29, 0.717) is 18.1 Å². The normalized spacial score (nSPS) is 18.0. The number of rotatable bonds is 8. The van der Waals surface area contributed by atoms with E-state index in [-0.39, 0.29) is 17.8 Å². The average Bonchev–Trinajstić information content (AvgIpc) is 3.07. The molecule has 0 atom stereocenters. The van der Waals surface area contributed by atoms with E-state index in [2.05, 4.69) is 26.1 Å². The fourth-order valence-electron chi connectivity index (χ4n) is 4.55. The second kappa shape index (κ2) is 9.15. The zero-order valence-corrected chi connectivity index (χ0v) is 20.1. The van der Waals surface area contributed by atoms with Gasteiger partial charge in [0, 0.05) is 50.0 Å². The number of aromatic nitrogens is 5. The molecule has 0 bridgehead atoms. The number of fused-ring (bicyclic) bond motifs is 3. The highest BCUT2D eigenvalue weighted by Crippen LogP contribution is 2.37. The molecule has 4 aromatic rings. The Balaban J connectivity index is 1.48. The van der Waals surface area contributed by atoms with Crippen molar-refractivity contribution in [3.05, 3.63) is 47.0 Å². The number of ether oxygens (including phenoxy) is 2. The molecule has 0 radical (unpaired) electrons. The Labute approximate surface area is 197 Å². The van der Waals surface area contributed by atoms with E-state index in [0.717, 1.165) is 53.4 Å². The van der Waals surface area contributed by atoms with E-state index in [4.69, 9.17) is 9.47 Å². The Hall–Kier alpha value is -3.30. The molecule has 34 heavy (non-hydrogen) atoms. The number of aryl methyl sites for hydroxylation is 1. The van der Waals surface area contributed by atoms with Gasteiger partial charge in [-0.25, -0.2) is 9.78 Å². The maximum atomic E-state index is 13.1. The Bertz CT molecular complexity index is 1370. The zero-order valence-electron chi connectivity index (χ0n) is 20.1. The van der Waals surface area contributed by atoms with Crippen LogP contribution in [-0.2, 0) is 11.8 Å². The minimum absolute atomic E-state index is 0.0702. The molecule has 0 spiro atoms. The van der Waals surface area contributed by atoms with E-state index in [1.54, 1.807) is 18.7 Å². The Morgan fingerprint density at radius 1 is 1.12 bits per heavy atom. The molecule has 0 unspecified atom stereocenters. The third kappa shape index (κ3) is 4.05. The van der Waals surface area contributed by atoms with Crippen LogP contribution < -0.4 is 10.4 Å². The highest BCUT2D eigenvalue weighted by Gasteiger charge is 2.34. The molecule has 3 aromatic heterocycles. The summed E-state index contributed by atoms with van der Waals surface area (Å²) < 4.78 is 14.7. The molecular formula is C25H30N6O3. The molecule has 1 saturated carbocycles. The van der Waals surface area contributed by atoms with Crippen LogP contribution in [0, 0.1) is 0 Å². The molecular weight excluding hydrogens is 432 g/mol. The van der Waals surface area contributed by atoms with E-state index < -0.39 is 0 Å². The number of hydrogen-bond acceptors (Lipinski definition) is 7. The van der Waals surface area contributed by atoms with Crippen LogP contribution in [-0.4, -0.2) is 69.7 Å². The highest BCUT2D eigenvalue weighted by molar-refractivity contribution is 6.02. The Morgan fingerprint density at radius 2 is 1.91 bits per heavy atom. The van der Waals surface area contributed by atoms with Gasteiger partial charge in [-0.3, -0.25) is 9.13 Å². The van der Waals surface area contributed by atoms with Crippen LogP contribution in [0.15, 0.2) is 41.3 Å². The summed E-state index contributed by atoms with van der Waals surface area (Å²) in [7, 11) is 7.56. The first-order valence-electron chi connectivity index (χ1n) is 11.6. The summed E-state index contributed by atoms with van der Waals surface area (Å²) in [5, 5.41) is 9.64. The molecule has 1 fully saturated rings. The van der Waals surface area contributed by atoms with Crippen LogP contribution in [0.5, 0.6) is 5.88 Å². The standard InChI is InChI=1S/C25H30N6O3/c1-29(2)10-5-11-34-22-9-7-17(15-26-22)16-6-8-21-20(12-16)23-24(28-27-21)30(3)25(32)31(23)18-13-19(14-18)33-4/h6-9,12,15,18-19H,5,10-11,13-14H2,1-4H3. The minimum Gasteiger partial charge on any atom is -0.478 e. The smallest absolute Gasteiger partial charge is 0.330 e. The molecule has 1 aliphatic rings. The second-order valence-electron chi connectivity index (χ2n) is 9.19. The van der Waals surface area contributed by atoms with E-state index in [9.17, 15) is 4.79 Å². The van der Waals surface area contributed by atoms with Gasteiger partial charge < -0.3 is 14.4 Å². The fraction of sp³-hybridized carbons (Fsp3) is 0.440. The van der Waals surface area contributed by atoms with Crippen molar-refractivity contribution in [2.45, 2.75) is 31.4 Å². The molecule has 0 amide bonds. The van der Waals surface area contributed by atoms with Gasteiger partial charge in [-0.15, -0.1) is 10.2 Å². The number of imidazole rings is 1. The van der Waals surface area contributed by atoms with Gasteiger partial charge in [0.1, 0.15) is 5.52 Å². The average molecular weight is 463 g/mol. The molecule has 5 rings (SSSR count). The third-order valence-electron chi connectivity index (χ3n) is 6.61. The Morgan fingerprint density at radius 3 is 2.62 bits per heavy atom. The van der Waals surface area contributed by atoms with Gasteiger partial charge in [0.15, 0.2) is 5.65 Å². The summed E-state index contributed by atoms with van der Waals surface area (Å²) in [5.41, 5.74) is 4.08. The lowest BCUT2D eigenvalue weighted by atomic mass is 9.89. The monoisotopic (exact) mass is 462 g/mol. The lowest BCUT2D eigenvalue weighted by Crippen LogP contribution is -2.37. The molecule has 178 valence electrons. The molecule has 0 N–H and O–H groups in total. The van der Waals surface area contributed by atoms with Gasteiger partial charge in [0.2, 0.25) is 5.88 Å². The Kier molecular flexibility index (Phi) is 6.05. The summed E-state index contributed by atoms with van der Waals surface area (Å²) in [5.74, 6) is 0.617. The third-order valence-corrected chi connectivity index (χ3v) is 6.61. The van der Waals surface area contributed by atoms with Crippen molar-refractivity contribution >= 4 is 22.1 Å². The van der Waals surface area contributed by atoms with E-state index in [1.165, 1.54) is 0 Å². The molecule has 9 nitrogen and oxygen atoms in total. The van der Waals surface area contributed by atoms with Crippen molar-refractivity contribution in [2.75, 3.05) is 34.4 Å². The minimum atomic E-state index is -0.0702. The first-order valence-corrected chi connectivity index (χ1v) is 11.6. The summed E-state index contributed by atoms with van der Waals surface area (Å²) in [6.07, 6.45) is 4.60. The van der Waals surface area contributed by atoms with Crippen molar-refractivity contribution in [1.82, 2.24) is 29.2 Å². The first kappa shape index (κ1) is 22.5.